The average molecular weight is 219 g/mol. The van der Waals surface area contributed by atoms with E-state index in [1.54, 1.807) is 0 Å². The summed E-state index contributed by atoms with van der Waals surface area (Å²) in [5.41, 5.74) is 2.81. The Morgan fingerprint density at radius 1 is 1.12 bits per heavy atom. The van der Waals surface area contributed by atoms with Crippen molar-refractivity contribution >= 4 is 0 Å². The Balaban J connectivity index is 2.52. The summed E-state index contributed by atoms with van der Waals surface area (Å²) in [6, 6.07) is 9.09. The van der Waals surface area contributed by atoms with Crippen LogP contribution in [0.4, 0.5) is 0 Å². The van der Waals surface area contributed by atoms with Crippen molar-refractivity contribution in [3.8, 4) is 0 Å². The quantitative estimate of drug-likeness (QED) is 0.760. The van der Waals surface area contributed by atoms with Gasteiger partial charge in [0.15, 0.2) is 0 Å². The molecule has 1 atom stereocenters. The molecule has 0 amide bonds. The van der Waals surface area contributed by atoms with E-state index in [0.29, 0.717) is 6.04 Å². The first-order valence-electron chi connectivity index (χ1n) is 6.47. The second-order valence-corrected chi connectivity index (χ2v) is 4.67. The lowest BCUT2D eigenvalue weighted by molar-refractivity contribution is 0.422. The number of aryl methyl sites for hydroxylation is 1. The molecule has 0 unspecified atom stereocenters. The molecule has 0 aliphatic carbocycles. The molecule has 0 fully saturated rings. The smallest absolute Gasteiger partial charge is 0.0294 e. The highest BCUT2D eigenvalue weighted by Gasteiger charge is 2.09. The van der Waals surface area contributed by atoms with Crippen LogP contribution in [0.5, 0.6) is 0 Å². The van der Waals surface area contributed by atoms with Gasteiger partial charge >= 0.3 is 0 Å². The number of nitrogens with one attached hydrogen (secondary N) is 1. The first-order chi connectivity index (χ1) is 7.69. The van der Waals surface area contributed by atoms with E-state index in [0.717, 1.165) is 12.5 Å². The molecule has 90 valence electrons. The van der Waals surface area contributed by atoms with Gasteiger partial charge in [0.05, 0.1) is 0 Å². The van der Waals surface area contributed by atoms with Gasteiger partial charge in [0.25, 0.3) is 0 Å². The van der Waals surface area contributed by atoms with Gasteiger partial charge in [-0.25, -0.2) is 0 Å². The van der Waals surface area contributed by atoms with Crippen LogP contribution in [0.25, 0.3) is 0 Å². The lowest BCUT2D eigenvalue weighted by atomic mass is 10.00. The van der Waals surface area contributed by atoms with Crippen molar-refractivity contribution in [2.75, 3.05) is 6.54 Å². The molecular weight excluding hydrogens is 194 g/mol. The van der Waals surface area contributed by atoms with Crippen LogP contribution in [0.3, 0.4) is 0 Å². The first-order valence-corrected chi connectivity index (χ1v) is 6.47. The van der Waals surface area contributed by atoms with Crippen molar-refractivity contribution in [3.05, 3.63) is 35.4 Å². The van der Waals surface area contributed by atoms with Gasteiger partial charge < -0.3 is 5.32 Å². The van der Waals surface area contributed by atoms with Crippen LogP contribution in [-0.4, -0.2) is 6.54 Å². The van der Waals surface area contributed by atoms with Gasteiger partial charge in [0, 0.05) is 6.04 Å². The fourth-order valence-corrected chi connectivity index (χ4v) is 2.10. The molecule has 0 heterocycles. The van der Waals surface area contributed by atoms with Crippen molar-refractivity contribution in [3.63, 3.8) is 0 Å². The first kappa shape index (κ1) is 13.2. The monoisotopic (exact) mass is 219 g/mol. The molecule has 1 heteroatoms. The molecule has 0 aromatic heterocycles. The zero-order chi connectivity index (χ0) is 12.0. The van der Waals surface area contributed by atoms with Gasteiger partial charge in [0.1, 0.15) is 0 Å². The second kappa shape index (κ2) is 6.70. The summed E-state index contributed by atoms with van der Waals surface area (Å²) >= 11 is 0. The fourth-order valence-electron chi connectivity index (χ4n) is 2.10. The molecule has 0 radical (unpaired) electrons. The van der Waals surface area contributed by atoms with Crippen molar-refractivity contribution in [2.45, 2.75) is 46.6 Å². The number of benzene rings is 1. The summed E-state index contributed by atoms with van der Waals surface area (Å²) < 4.78 is 0. The zero-order valence-electron chi connectivity index (χ0n) is 11.1. The summed E-state index contributed by atoms with van der Waals surface area (Å²) in [6.07, 6.45) is 2.54. The summed E-state index contributed by atoms with van der Waals surface area (Å²) in [7, 11) is 0. The Bertz CT molecular complexity index is 302. The Hall–Kier alpha value is -0.820. The number of rotatable bonds is 6. The van der Waals surface area contributed by atoms with Crippen LogP contribution in [0.15, 0.2) is 24.3 Å². The largest absolute Gasteiger partial charge is 0.310 e. The molecule has 0 aliphatic heterocycles. The predicted octanol–water partition coefficient (Wildman–Crippen LogP) is 4.08. The molecule has 1 N–H and O–H groups in total. The maximum atomic E-state index is 3.64. The van der Waals surface area contributed by atoms with Gasteiger partial charge in [-0.3, -0.25) is 0 Å². The van der Waals surface area contributed by atoms with E-state index in [-0.39, 0.29) is 0 Å². The minimum atomic E-state index is 0.460. The van der Waals surface area contributed by atoms with Crippen LogP contribution < -0.4 is 5.32 Å². The Kier molecular flexibility index (Phi) is 5.54. The summed E-state index contributed by atoms with van der Waals surface area (Å²) in [5.74, 6) is 0.812. The summed E-state index contributed by atoms with van der Waals surface area (Å²) in [6.45, 7) is 10.1. The maximum Gasteiger partial charge on any atom is 0.0294 e. The maximum absolute atomic E-state index is 3.64. The fraction of sp³-hybridized carbons (Fsp3) is 0.600. The number of hydrogen-bond acceptors (Lipinski definition) is 1. The van der Waals surface area contributed by atoms with Crippen LogP contribution >= 0.6 is 0 Å². The van der Waals surface area contributed by atoms with Crippen LogP contribution in [-0.2, 0) is 0 Å². The average Bonchev–Trinajstić information content (AvgIpc) is 2.30. The lowest BCUT2D eigenvalue weighted by Gasteiger charge is -2.20. The highest BCUT2D eigenvalue weighted by Crippen LogP contribution is 2.17. The molecule has 0 saturated carbocycles. The van der Waals surface area contributed by atoms with E-state index in [4.69, 9.17) is 0 Å². The van der Waals surface area contributed by atoms with Crippen LogP contribution in [0.2, 0.25) is 0 Å². The Morgan fingerprint density at radius 3 is 2.31 bits per heavy atom. The van der Waals surface area contributed by atoms with E-state index in [1.807, 2.05) is 0 Å². The van der Waals surface area contributed by atoms with Crippen molar-refractivity contribution in [1.82, 2.24) is 5.32 Å². The van der Waals surface area contributed by atoms with Gasteiger partial charge in [-0.1, -0.05) is 51.0 Å². The van der Waals surface area contributed by atoms with E-state index in [9.17, 15) is 0 Å². The number of hydrogen-bond donors (Lipinski definition) is 1. The van der Waals surface area contributed by atoms with E-state index < -0.39 is 0 Å². The zero-order valence-corrected chi connectivity index (χ0v) is 11.1. The highest BCUT2D eigenvalue weighted by molar-refractivity contribution is 5.28. The summed E-state index contributed by atoms with van der Waals surface area (Å²) in [5, 5.41) is 3.64. The Morgan fingerprint density at radius 2 is 1.75 bits per heavy atom. The van der Waals surface area contributed by atoms with Gasteiger partial charge in [-0.15, -0.1) is 0 Å². The van der Waals surface area contributed by atoms with Crippen molar-refractivity contribution in [1.29, 1.82) is 0 Å². The minimum Gasteiger partial charge on any atom is -0.310 e. The third-order valence-electron chi connectivity index (χ3n) is 3.52. The Labute approximate surface area is 100 Å². The highest BCUT2D eigenvalue weighted by atomic mass is 14.9. The van der Waals surface area contributed by atoms with Gasteiger partial charge in [-0.2, -0.15) is 0 Å². The van der Waals surface area contributed by atoms with Crippen LogP contribution in [0, 0.1) is 12.8 Å². The molecule has 16 heavy (non-hydrogen) atoms. The molecule has 0 bridgehead atoms. The van der Waals surface area contributed by atoms with Gasteiger partial charge in [0.2, 0.25) is 0 Å². The third kappa shape index (κ3) is 3.64. The molecule has 1 aromatic rings. The molecule has 1 nitrogen and oxygen atoms in total. The molecule has 0 spiro atoms. The van der Waals surface area contributed by atoms with Gasteiger partial charge in [-0.05, 0) is 37.4 Å². The predicted molar refractivity (Wildman–Crippen MR) is 71.7 cm³/mol. The minimum absolute atomic E-state index is 0.460. The molecule has 0 saturated heterocycles. The van der Waals surface area contributed by atoms with Crippen molar-refractivity contribution in [2.24, 2.45) is 5.92 Å². The standard InChI is InChI=1S/C15H25N/c1-5-14(6-2)11-16-13(4)15-10-8-7-9-12(15)3/h7-10,13-14,16H,5-6,11H2,1-4H3/t13-/m0/s1. The second-order valence-electron chi connectivity index (χ2n) is 4.67. The topological polar surface area (TPSA) is 12.0 Å². The lowest BCUT2D eigenvalue weighted by Crippen LogP contribution is -2.25. The van der Waals surface area contributed by atoms with E-state index >= 15 is 0 Å². The van der Waals surface area contributed by atoms with E-state index in [1.165, 1.54) is 24.0 Å². The normalized spacial score (nSPS) is 13.1. The molecule has 1 aromatic carbocycles. The van der Waals surface area contributed by atoms with Crippen LogP contribution in [0.1, 0.15) is 50.8 Å². The molecule has 1 rings (SSSR count). The van der Waals surface area contributed by atoms with E-state index in [2.05, 4.69) is 57.3 Å². The SMILES string of the molecule is CCC(CC)CN[C@@H](C)c1ccccc1C. The summed E-state index contributed by atoms with van der Waals surface area (Å²) in [4.78, 5) is 0. The van der Waals surface area contributed by atoms with Crippen molar-refractivity contribution < 1.29 is 0 Å². The third-order valence-corrected chi connectivity index (χ3v) is 3.52. The molecular formula is C15H25N. The molecule has 0 aliphatic rings.